The van der Waals surface area contributed by atoms with E-state index >= 15 is 0 Å². The SMILES string of the molecule is CC(NC(=O)CSCc1coc(-c2ccccc2)n1)c1nc(-c2cccnc2)cs1. The van der Waals surface area contributed by atoms with Crippen molar-refractivity contribution >= 4 is 29.0 Å². The van der Waals surface area contributed by atoms with Crippen LogP contribution in [0, 0.1) is 0 Å². The number of aromatic nitrogens is 3. The highest BCUT2D eigenvalue weighted by molar-refractivity contribution is 7.99. The molecule has 4 rings (SSSR count). The van der Waals surface area contributed by atoms with Gasteiger partial charge in [0.1, 0.15) is 11.3 Å². The zero-order valence-corrected chi connectivity index (χ0v) is 18.0. The number of benzene rings is 1. The largest absolute Gasteiger partial charge is 0.444 e. The van der Waals surface area contributed by atoms with Gasteiger partial charge in [-0.3, -0.25) is 9.78 Å². The molecule has 1 N–H and O–H groups in total. The van der Waals surface area contributed by atoms with Crippen LogP contribution in [0.3, 0.4) is 0 Å². The maximum atomic E-state index is 12.3. The Morgan fingerprint density at radius 1 is 1.17 bits per heavy atom. The van der Waals surface area contributed by atoms with Crippen molar-refractivity contribution in [2.75, 3.05) is 5.75 Å². The van der Waals surface area contributed by atoms with E-state index in [0.29, 0.717) is 17.4 Å². The molecule has 0 saturated heterocycles. The van der Waals surface area contributed by atoms with Crippen molar-refractivity contribution in [1.29, 1.82) is 0 Å². The minimum Gasteiger partial charge on any atom is -0.444 e. The number of nitrogens with zero attached hydrogens (tertiary/aromatic N) is 3. The van der Waals surface area contributed by atoms with Crippen LogP contribution in [-0.2, 0) is 10.5 Å². The van der Waals surface area contributed by atoms with Gasteiger partial charge in [0.2, 0.25) is 11.8 Å². The van der Waals surface area contributed by atoms with Gasteiger partial charge in [-0.1, -0.05) is 18.2 Å². The lowest BCUT2D eigenvalue weighted by atomic mass is 10.2. The number of amides is 1. The molecule has 1 amide bonds. The molecule has 8 heteroatoms. The summed E-state index contributed by atoms with van der Waals surface area (Å²) in [6.45, 7) is 1.94. The molecule has 1 unspecified atom stereocenters. The zero-order valence-electron chi connectivity index (χ0n) is 16.3. The average Bonchev–Trinajstić information content (AvgIpc) is 3.45. The van der Waals surface area contributed by atoms with Crippen LogP contribution in [0.5, 0.6) is 0 Å². The van der Waals surface area contributed by atoms with E-state index in [9.17, 15) is 4.79 Å². The van der Waals surface area contributed by atoms with E-state index in [2.05, 4.69) is 20.3 Å². The number of carbonyl (C=O) groups is 1. The lowest BCUT2D eigenvalue weighted by molar-refractivity contribution is -0.119. The van der Waals surface area contributed by atoms with Crippen molar-refractivity contribution < 1.29 is 9.21 Å². The molecule has 0 bridgehead atoms. The van der Waals surface area contributed by atoms with Crippen molar-refractivity contribution in [2.24, 2.45) is 0 Å². The van der Waals surface area contributed by atoms with Gasteiger partial charge < -0.3 is 9.73 Å². The number of nitrogens with one attached hydrogen (secondary N) is 1. The van der Waals surface area contributed by atoms with E-state index in [0.717, 1.165) is 27.5 Å². The highest BCUT2D eigenvalue weighted by Gasteiger charge is 2.15. The molecular weight excluding hydrogens is 416 g/mol. The Morgan fingerprint density at radius 2 is 2.00 bits per heavy atom. The number of hydrogen-bond acceptors (Lipinski definition) is 7. The van der Waals surface area contributed by atoms with Gasteiger partial charge in [0, 0.05) is 34.7 Å². The van der Waals surface area contributed by atoms with Crippen LogP contribution in [0.15, 0.2) is 70.9 Å². The van der Waals surface area contributed by atoms with E-state index in [1.807, 2.05) is 54.8 Å². The fourth-order valence-electron chi connectivity index (χ4n) is 2.81. The van der Waals surface area contributed by atoms with Gasteiger partial charge in [-0.15, -0.1) is 23.1 Å². The van der Waals surface area contributed by atoms with Crippen molar-refractivity contribution in [2.45, 2.75) is 18.7 Å². The number of thiazole rings is 1. The molecule has 6 nitrogen and oxygen atoms in total. The molecule has 1 atom stereocenters. The van der Waals surface area contributed by atoms with Crippen molar-refractivity contribution in [3.63, 3.8) is 0 Å². The van der Waals surface area contributed by atoms with Gasteiger partial charge in [-0.25, -0.2) is 9.97 Å². The number of thioether (sulfide) groups is 1. The van der Waals surface area contributed by atoms with E-state index < -0.39 is 0 Å². The third kappa shape index (κ3) is 5.14. The fraction of sp³-hybridized carbons (Fsp3) is 0.182. The fourth-order valence-corrected chi connectivity index (χ4v) is 4.36. The summed E-state index contributed by atoms with van der Waals surface area (Å²) in [6, 6.07) is 13.5. The second kappa shape index (κ2) is 9.69. The molecule has 0 aliphatic rings. The number of oxazole rings is 1. The van der Waals surface area contributed by atoms with Crippen molar-refractivity contribution in [3.05, 3.63) is 77.2 Å². The van der Waals surface area contributed by atoms with Gasteiger partial charge in [0.15, 0.2) is 0 Å². The molecule has 0 aliphatic carbocycles. The smallest absolute Gasteiger partial charge is 0.230 e. The summed E-state index contributed by atoms with van der Waals surface area (Å²) < 4.78 is 5.53. The maximum absolute atomic E-state index is 12.3. The highest BCUT2D eigenvalue weighted by atomic mass is 32.2. The quantitative estimate of drug-likeness (QED) is 0.420. The van der Waals surface area contributed by atoms with Crippen LogP contribution < -0.4 is 5.32 Å². The second-order valence-electron chi connectivity index (χ2n) is 6.60. The van der Waals surface area contributed by atoms with Crippen LogP contribution in [0.25, 0.3) is 22.7 Å². The molecule has 0 spiro atoms. The molecule has 152 valence electrons. The van der Waals surface area contributed by atoms with Crippen LogP contribution in [-0.4, -0.2) is 26.6 Å². The summed E-state index contributed by atoms with van der Waals surface area (Å²) >= 11 is 3.04. The van der Waals surface area contributed by atoms with E-state index in [1.54, 1.807) is 18.7 Å². The lowest BCUT2D eigenvalue weighted by Gasteiger charge is -2.10. The number of hydrogen-bond donors (Lipinski definition) is 1. The van der Waals surface area contributed by atoms with Crippen molar-refractivity contribution in [3.8, 4) is 22.7 Å². The van der Waals surface area contributed by atoms with E-state index in [1.165, 1.54) is 23.1 Å². The van der Waals surface area contributed by atoms with Crippen LogP contribution >= 0.6 is 23.1 Å². The lowest BCUT2D eigenvalue weighted by Crippen LogP contribution is -2.28. The van der Waals surface area contributed by atoms with Crippen LogP contribution in [0.4, 0.5) is 0 Å². The predicted molar refractivity (Wildman–Crippen MR) is 120 cm³/mol. The second-order valence-corrected chi connectivity index (χ2v) is 8.48. The van der Waals surface area contributed by atoms with Crippen LogP contribution in [0.2, 0.25) is 0 Å². The summed E-state index contributed by atoms with van der Waals surface area (Å²) in [5.74, 6) is 1.52. The molecule has 0 saturated carbocycles. The molecular formula is C22H20N4O2S2. The third-order valence-electron chi connectivity index (χ3n) is 4.28. The molecule has 1 aromatic carbocycles. The van der Waals surface area contributed by atoms with Gasteiger partial charge in [-0.2, -0.15) is 0 Å². The summed E-state index contributed by atoms with van der Waals surface area (Å²) in [6.07, 6.45) is 5.16. The third-order valence-corrected chi connectivity index (χ3v) is 6.28. The first kappa shape index (κ1) is 20.3. The molecule has 3 aromatic heterocycles. The Hall–Kier alpha value is -2.97. The number of pyridine rings is 1. The Labute approximate surface area is 182 Å². The average molecular weight is 437 g/mol. The number of carbonyl (C=O) groups excluding carboxylic acids is 1. The van der Waals surface area contributed by atoms with E-state index in [-0.39, 0.29) is 11.9 Å². The summed E-state index contributed by atoms with van der Waals surface area (Å²) in [4.78, 5) is 25.5. The first-order valence-corrected chi connectivity index (χ1v) is 11.5. The molecule has 3 heterocycles. The summed E-state index contributed by atoms with van der Waals surface area (Å²) in [5.41, 5.74) is 3.60. The van der Waals surface area contributed by atoms with Gasteiger partial charge in [-0.05, 0) is 31.2 Å². The first-order valence-electron chi connectivity index (χ1n) is 9.42. The highest BCUT2D eigenvalue weighted by Crippen LogP contribution is 2.25. The minimum atomic E-state index is -0.148. The monoisotopic (exact) mass is 436 g/mol. The summed E-state index contributed by atoms with van der Waals surface area (Å²) in [7, 11) is 0. The molecule has 4 aromatic rings. The minimum absolute atomic E-state index is 0.0302. The van der Waals surface area contributed by atoms with Gasteiger partial charge in [0.05, 0.1) is 23.2 Å². The normalized spacial score (nSPS) is 11.9. The standard InChI is InChI=1S/C22H20N4O2S2/c1-15(22-26-19(13-30-22)17-8-5-9-23-10-17)24-20(27)14-29-12-18-11-28-21(25-18)16-6-3-2-4-7-16/h2-11,13,15H,12,14H2,1H3,(H,24,27). The molecule has 30 heavy (non-hydrogen) atoms. The van der Waals surface area contributed by atoms with Crippen LogP contribution in [0.1, 0.15) is 23.7 Å². The topological polar surface area (TPSA) is 80.9 Å². The van der Waals surface area contributed by atoms with Crippen molar-refractivity contribution in [1.82, 2.24) is 20.3 Å². The Kier molecular flexibility index (Phi) is 6.56. The Morgan fingerprint density at radius 3 is 2.80 bits per heavy atom. The first-order chi connectivity index (χ1) is 14.7. The zero-order chi connectivity index (χ0) is 20.8. The Bertz CT molecular complexity index is 1100. The molecule has 0 aliphatic heterocycles. The van der Waals surface area contributed by atoms with Gasteiger partial charge >= 0.3 is 0 Å². The predicted octanol–water partition coefficient (Wildman–Crippen LogP) is 4.97. The molecule has 0 fully saturated rings. The number of rotatable bonds is 8. The maximum Gasteiger partial charge on any atom is 0.230 e. The summed E-state index contributed by atoms with van der Waals surface area (Å²) in [5, 5.41) is 5.86. The Balaban J connectivity index is 1.25. The van der Waals surface area contributed by atoms with Gasteiger partial charge in [0.25, 0.3) is 0 Å². The molecule has 0 radical (unpaired) electrons. The van der Waals surface area contributed by atoms with E-state index in [4.69, 9.17) is 4.42 Å².